The van der Waals surface area contributed by atoms with Crippen LogP contribution in [0, 0.1) is 0 Å². The van der Waals surface area contributed by atoms with E-state index in [2.05, 4.69) is 20.5 Å². The number of anilines is 1. The molecule has 0 spiro atoms. The Hall–Kier alpha value is -5.11. The summed E-state index contributed by atoms with van der Waals surface area (Å²) in [6.45, 7) is -0.0945. The number of hydrogen-bond donors (Lipinski definition) is 1. The van der Waals surface area contributed by atoms with Gasteiger partial charge in [0.25, 0.3) is 5.91 Å². The largest absolute Gasteiger partial charge is 0.484 e. The van der Waals surface area contributed by atoms with Gasteiger partial charge in [0.1, 0.15) is 5.75 Å². The van der Waals surface area contributed by atoms with Gasteiger partial charge in [-0.25, -0.2) is 0 Å². The van der Waals surface area contributed by atoms with Crippen molar-refractivity contribution < 1.29 is 9.53 Å². The summed E-state index contributed by atoms with van der Waals surface area (Å²) < 4.78 is 7.41. The molecule has 36 heavy (non-hydrogen) atoms. The van der Waals surface area contributed by atoms with Crippen molar-refractivity contribution in [3.05, 3.63) is 103 Å². The summed E-state index contributed by atoms with van der Waals surface area (Å²) in [6, 6.07) is 28.8. The SMILES string of the molecule is O=C(COc1ccc2ccccc2c1)Nc1cccc(-c2ccc3nnc(-c4ccncc4)n3n2)c1. The first-order valence-electron chi connectivity index (χ1n) is 11.4. The predicted octanol–water partition coefficient (Wildman–Crippen LogP) is 5.02. The zero-order chi connectivity index (χ0) is 24.3. The number of hydrogen-bond acceptors (Lipinski definition) is 6. The Kier molecular flexibility index (Phi) is 5.51. The Morgan fingerprint density at radius 2 is 1.67 bits per heavy atom. The minimum absolute atomic E-state index is 0.0945. The zero-order valence-corrected chi connectivity index (χ0v) is 19.1. The van der Waals surface area contributed by atoms with E-state index in [4.69, 9.17) is 9.84 Å². The van der Waals surface area contributed by atoms with Gasteiger partial charge in [-0.15, -0.1) is 10.2 Å². The van der Waals surface area contributed by atoms with Gasteiger partial charge >= 0.3 is 0 Å². The van der Waals surface area contributed by atoms with Crippen LogP contribution in [-0.2, 0) is 4.79 Å². The maximum atomic E-state index is 12.6. The van der Waals surface area contributed by atoms with E-state index in [1.54, 1.807) is 16.9 Å². The number of rotatable bonds is 6. The summed E-state index contributed by atoms with van der Waals surface area (Å²) in [5.41, 5.74) is 3.73. The smallest absolute Gasteiger partial charge is 0.262 e. The summed E-state index contributed by atoms with van der Waals surface area (Å²) in [5.74, 6) is 1.03. The van der Waals surface area contributed by atoms with Crippen LogP contribution in [0.2, 0.25) is 0 Å². The highest BCUT2D eigenvalue weighted by Crippen LogP contribution is 2.24. The van der Waals surface area contributed by atoms with Crippen LogP contribution >= 0.6 is 0 Å². The van der Waals surface area contributed by atoms with Crippen molar-refractivity contribution in [2.75, 3.05) is 11.9 Å². The zero-order valence-electron chi connectivity index (χ0n) is 19.1. The molecule has 0 radical (unpaired) electrons. The van der Waals surface area contributed by atoms with Crippen molar-refractivity contribution in [3.63, 3.8) is 0 Å². The van der Waals surface area contributed by atoms with Gasteiger partial charge in [0.15, 0.2) is 18.1 Å². The van der Waals surface area contributed by atoms with Gasteiger partial charge in [0.05, 0.1) is 5.69 Å². The van der Waals surface area contributed by atoms with Gasteiger partial charge in [0, 0.05) is 29.2 Å². The number of nitrogens with zero attached hydrogens (tertiary/aromatic N) is 5. The number of amides is 1. The molecule has 0 bridgehead atoms. The summed E-state index contributed by atoms with van der Waals surface area (Å²) in [7, 11) is 0. The van der Waals surface area contributed by atoms with Crippen LogP contribution in [0.5, 0.6) is 5.75 Å². The second-order valence-corrected chi connectivity index (χ2v) is 8.17. The van der Waals surface area contributed by atoms with Crippen molar-refractivity contribution >= 4 is 28.0 Å². The minimum Gasteiger partial charge on any atom is -0.484 e. The Morgan fingerprint density at radius 1 is 0.806 bits per heavy atom. The van der Waals surface area contributed by atoms with Crippen LogP contribution in [-0.4, -0.2) is 37.3 Å². The fourth-order valence-corrected chi connectivity index (χ4v) is 3.98. The van der Waals surface area contributed by atoms with Crippen molar-refractivity contribution in [2.45, 2.75) is 0 Å². The fourth-order valence-electron chi connectivity index (χ4n) is 3.98. The minimum atomic E-state index is -0.248. The van der Waals surface area contributed by atoms with Crippen LogP contribution in [0.25, 0.3) is 39.1 Å². The molecule has 0 saturated heterocycles. The van der Waals surface area contributed by atoms with Crippen molar-refractivity contribution in [1.29, 1.82) is 0 Å². The monoisotopic (exact) mass is 472 g/mol. The summed E-state index contributed by atoms with van der Waals surface area (Å²) in [6.07, 6.45) is 3.41. The first kappa shape index (κ1) is 21.4. The number of carbonyl (C=O) groups is 1. The van der Waals surface area contributed by atoms with Crippen LogP contribution in [0.1, 0.15) is 0 Å². The van der Waals surface area contributed by atoms with E-state index in [0.29, 0.717) is 22.9 Å². The summed E-state index contributed by atoms with van der Waals surface area (Å²) >= 11 is 0. The highest BCUT2D eigenvalue weighted by atomic mass is 16.5. The molecular weight excluding hydrogens is 452 g/mol. The van der Waals surface area contributed by atoms with Crippen molar-refractivity contribution in [2.24, 2.45) is 0 Å². The first-order chi connectivity index (χ1) is 17.7. The molecule has 0 aliphatic heterocycles. The van der Waals surface area contributed by atoms with Gasteiger partial charge in [0.2, 0.25) is 0 Å². The average Bonchev–Trinajstić information content (AvgIpc) is 3.36. The average molecular weight is 473 g/mol. The van der Waals surface area contributed by atoms with E-state index >= 15 is 0 Å². The first-order valence-corrected chi connectivity index (χ1v) is 11.4. The highest BCUT2D eigenvalue weighted by molar-refractivity contribution is 5.92. The molecule has 3 aromatic heterocycles. The van der Waals surface area contributed by atoms with E-state index < -0.39 is 0 Å². The van der Waals surface area contributed by atoms with E-state index in [0.717, 1.165) is 27.6 Å². The molecule has 6 aromatic rings. The lowest BCUT2D eigenvalue weighted by atomic mass is 10.1. The Balaban J connectivity index is 1.18. The van der Waals surface area contributed by atoms with Crippen LogP contribution < -0.4 is 10.1 Å². The second-order valence-electron chi connectivity index (χ2n) is 8.17. The van der Waals surface area contributed by atoms with Crippen molar-refractivity contribution in [3.8, 4) is 28.4 Å². The Bertz CT molecular complexity index is 1700. The lowest BCUT2D eigenvalue weighted by Gasteiger charge is -2.10. The summed E-state index contributed by atoms with van der Waals surface area (Å²) in [4.78, 5) is 16.6. The molecule has 1 amide bonds. The second kappa shape index (κ2) is 9.27. The van der Waals surface area contributed by atoms with Crippen LogP contribution in [0.4, 0.5) is 5.69 Å². The molecule has 1 N–H and O–H groups in total. The molecule has 6 rings (SSSR count). The molecule has 0 fully saturated rings. The lowest BCUT2D eigenvalue weighted by molar-refractivity contribution is -0.118. The molecule has 0 atom stereocenters. The fraction of sp³-hybridized carbons (Fsp3) is 0.0357. The van der Waals surface area contributed by atoms with E-state index in [1.165, 1.54) is 0 Å². The maximum absolute atomic E-state index is 12.6. The molecule has 3 aromatic carbocycles. The number of benzene rings is 3. The van der Waals surface area contributed by atoms with Gasteiger partial charge in [-0.3, -0.25) is 9.78 Å². The normalized spacial score (nSPS) is 11.0. The Morgan fingerprint density at radius 3 is 2.56 bits per heavy atom. The topological polar surface area (TPSA) is 94.3 Å². The molecule has 0 unspecified atom stereocenters. The standard InChI is InChI=1S/C28H20N6O2/c35-27(18-36-24-9-8-19-4-1-2-5-21(19)17-24)30-23-7-3-6-22(16-23)25-10-11-26-31-32-28(34(26)33-25)20-12-14-29-15-13-20/h1-17H,18H2,(H,30,35). The number of ether oxygens (including phenoxy) is 1. The van der Waals surface area contributed by atoms with Gasteiger partial charge in [-0.2, -0.15) is 9.61 Å². The number of aromatic nitrogens is 5. The molecule has 0 aliphatic rings. The number of pyridine rings is 1. The number of fused-ring (bicyclic) bond motifs is 2. The molecule has 8 nitrogen and oxygen atoms in total. The quantitative estimate of drug-likeness (QED) is 0.366. The Labute approximate surface area is 206 Å². The van der Waals surface area contributed by atoms with E-state index in [-0.39, 0.29) is 12.5 Å². The maximum Gasteiger partial charge on any atom is 0.262 e. The molecule has 3 heterocycles. The number of nitrogens with one attached hydrogen (secondary N) is 1. The third kappa shape index (κ3) is 4.35. The predicted molar refractivity (Wildman–Crippen MR) is 138 cm³/mol. The van der Waals surface area contributed by atoms with Crippen molar-refractivity contribution in [1.82, 2.24) is 24.8 Å². The molecular formula is C28H20N6O2. The van der Waals surface area contributed by atoms with E-state index in [1.807, 2.05) is 91.0 Å². The third-order valence-corrected chi connectivity index (χ3v) is 5.73. The van der Waals surface area contributed by atoms with Crippen LogP contribution in [0.15, 0.2) is 103 Å². The number of carbonyl (C=O) groups excluding carboxylic acids is 1. The summed E-state index contributed by atoms with van der Waals surface area (Å²) in [5, 5.41) is 18.3. The van der Waals surface area contributed by atoms with Gasteiger partial charge < -0.3 is 10.1 Å². The molecule has 0 aliphatic carbocycles. The molecule has 174 valence electrons. The lowest BCUT2D eigenvalue weighted by Crippen LogP contribution is -2.20. The molecule has 0 saturated carbocycles. The third-order valence-electron chi connectivity index (χ3n) is 5.73. The van der Waals surface area contributed by atoms with Crippen LogP contribution in [0.3, 0.4) is 0 Å². The highest BCUT2D eigenvalue weighted by Gasteiger charge is 2.12. The molecule has 8 heteroatoms. The van der Waals surface area contributed by atoms with Gasteiger partial charge in [-0.1, -0.05) is 42.5 Å². The van der Waals surface area contributed by atoms with E-state index in [9.17, 15) is 4.79 Å². The van der Waals surface area contributed by atoms with Gasteiger partial charge in [-0.05, 0) is 59.3 Å².